The highest BCUT2D eigenvalue weighted by Crippen LogP contribution is 2.19. The van der Waals surface area contributed by atoms with Crippen LogP contribution in [0.15, 0.2) is 36.8 Å². The molecule has 0 aromatic carbocycles. The Morgan fingerprint density at radius 3 is 2.70 bits per heavy atom. The molecule has 0 radical (unpaired) electrons. The highest BCUT2D eigenvalue weighted by molar-refractivity contribution is 6.30. The summed E-state index contributed by atoms with van der Waals surface area (Å²) in [7, 11) is 5.44. The lowest BCUT2D eigenvalue weighted by molar-refractivity contribution is -0.131. The molecule has 2 aromatic rings. The Balaban J connectivity index is 1.83. The van der Waals surface area contributed by atoms with Crippen molar-refractivity contribution in [1.29, 1.82) is 0 Å². The fraction of sp³-hybridized carbons (Fsp3) is 0.423. The van der Waals surface area contributed by atoms with Crippen molar-refractivity contribution in [1.82, 2.24) is 30.1 Å². The monoisotopic (exact) mass is 526 g/mol. The molecule has 2 rings (SSSR count). The van der Waals surface area contributed by atoms with Gasteiger partial charge in [0.05, 0.1) is 35.2 Å². The van der Waals surface area contributed by atoms with E-state index >= 15 is 0 Å². The number of carbonyl (C=O) groups excluding carboxylic acids is 2. The molecular weight excluding hydrogens is 492 g/mol. The average Bonchev–Trinajstić information content (AvgIpc) is 2.85. The van der Waals surface area contributed by atoms with Gasteiger partial charge >= 0.3 is 0 Å². The zero-order valence-electron chi connectivity index (χ0n) is 21.8. The molecule has 0 saturated carbocycles. The first-order valence-corrected chi connectivity index (χ1v) is 12.5. The van der Waals surface area contributed by atoms with Crippen molar-refractivity contribution in [2.45, 2.75) is 26.2 Å². The number of carbonyl (C=O) groups is 2. The summed E-state index contributed by atoms with van der Waals surface area (Å²) in [4.78, 5) is 40.4. The van der Waals surface area contributed by atoms with Crippen LogP contribution in [-0.2, 0) is 9.59 Å². The molecule has 0 spiro atoms. The zero-order chi connectivity index (χ0) is 27.0. The van der Waals surface area contributed by atoms with Crippen molar-refractivity contribution in [2.24, 2.45) is 0 Å². The summed E-state index contributed by atoms with van der Waals surface area (Å²) in [6.07, 6.45) is 10.3. The number of hydrogen-bond donors (Lipinski definition) is 3. The summed E-state index contributed by atoms with van der Waals surface area (Å²) in [5.41, 5.74) is 1.38. The highest BCUT2D eigenvalue weighted by Gasteiger charge is 2.10. The van der Waals surface area contributed by atoms with Crippen molar-refractivity contribution < 1.29 is 9.59 Å². The van der Waals surface area contributed by atoms with Crippen LogP contribution in [0.1, 0.15) is 31.7 Å². The number of hydrogen-bond acceptors (Lipinski definition) is 8. The van der Waals surface area contributed by atoms with Gasteiger partial charge < -0.3 is 25.8 Å². The minimum absolute atomic E-state index is 0.00620. The van der Waals surface area contributed by atoms with E-state index in [1.165, 1.54) is 11.0 Å². The Bertz CT molecular complexity index is 1130. The van der Waals surface area contributed by atoms with Gasteiger partial charge in [0, 0.05) is 45.4 Å². The fourth-order valence-electron chi connectivity index (χ4n) is 2.92. The van der Waals surface area contributed by atoms with Crippen LogP contribution >= 0.6 is 11.6 Å². The molecular formula is C26H35ClN8O2. The van der Waals surface area contributed by atoms with Gasteiger partial charge in [-0.25, -0.2) is 4.98 Å². The standard InChI is InChI=1S/C26H35ClN8O2/c1-5-12-30-25-20(16-31-26(33-25)32-22-15-21(27)17-28-18-22)10-7-6-8-13-29-23(36)19-35(4)24(37)11-9-14-34(2)3/h9,11,15-18H,5-6,8,12-14,19H2,1-4H3,(H,29,36)(H2,30,31,32,33)/b11-9+. The molecule has 0 bridgehead atoms. The van der Waals surface area contributed by atoms with E-state index in [4.69, 9.17) is 11.6 Å². The Hall–Kier alpha value is -3.68. The van der Waals surface area contributed by atoms with Crippen molar-refractivity contribution in [3.05, 3.63) is 47.4 Å². The molecule has 0 atom stereocenters. The maximum Gasteiger partial charge on any atom is 0.246 e. The van der Waals surface area contributed by atoms with Crippen LogP contribution in [0.25, 0.3) is 0 Å². The molecule has 2 heterocycles. The van der Waals surface area contributed by atoms with Gasteiger partial charge in [-0.3, -0.25) is 14.6 Å². The number of likely N-dealkylation sites (N-methyl/N-ethyl adjacent to an activating group) is 2. The predicted molar refractivity (Wildman–Crippen MR) is 148 cm³/mol. The predicted octanol–water partition coefficient (Wildman–Crippen LogP) is 2.91. The van der Waals surface area contributed by atoms with Crippen LogP contribution in [0.4, 0.5) is 17.5 Å². The van der Waals surface area contributed by atoms with E-state index in [2.05, 4.69) is 49.7 Å². The first-order chi connectivity index (χ1) is 17.8. The van der Waals surface area contributed by atoms with E-state index in [1.807, 2.05) is 19.0 Å². The Kier molecular flexibility index (Phi) is 12.9. The van der Waals surface area contributed by atoms with Crippen molar-refractivity contribution in [2.75, 3.05) is 58.0 Å². The van der Waals surface area contributed by atoms with Crippen LogP contribution in [-0.4, -0.2) is 83.9 Å². The maximum absolute atomic E-state index is 12.1. The van der Waals surface area contributed by atoms with E-state index in [-0.39, 0.29) is 18.4 Å². The van der Waals surface area contributed by atoms with Crippen molar-refractivity contribution in [3.8, 4) is 11.8 Å². The topological polar surface area (TPSA) is 115 Å². The van der Waals surface area contributed by atoms with Crippen LogP contribution in [0.2, 0.25) is 5.02 Å². The number of aromatic nitrogens is 3. The largest absolute Gasteiger partial charge is 0.369 e. The van der Waals surface area contributed by atoms with E-state index in [0.29, 0.717) is 54.0 Å². The summed E-state index contributed by atoms with van der Waals surface area (Å²) in [5, 5.41) is 9.71. The number of unbranched alkanes of at least 4 members (excludes halogenated alkanes) is 1. The van der Waals surface area contributed by atoms with Gasteiger partial charge in [0.25, 0.3) is 0 Å². The van der Waals surface area contributed by atoms with Crippen molar-refractivity contribution in [3.63, 3.8) is 0 Å². The van der Waals surface area contributed by atoms with Gasteiger partial charge in [-0.15, -0.1) is 0 Å². The first kappa shape index (κ1) is 29.5. The van der Waals surface area contributed by atoms with Crippen LogP contribution in [0.5, 0.6) is 0 Å². The highest BCUT2D eigenvalue weighted by atomic mass is 35.5. The van der Waals surface area contributed by atoms with Gasteiger partial charge in [0.1, 0.15) is 5.82 Å². The van der Waals surface area contributed by atoms with Gasteiger partial charge in [0.15, 0.2) is 0 Å². The quantitative estimate of drug-likeness (QED) is 0.207. The summed E-state index contributed by atoms with van der Waals surface area (Å²) in [6.45, 7) is 3.96. The first-order valence-electron chi connectivity index (χ1n) is 12.1. The van der Waals surface area contributed by atoms with E-state index < -0.39 is 0 Å². The molecule has 0 aliphatic rings. The molecule has 0 aliphatic carbocycles. The van der Waals surface area contributed by atoms with E-state index in [0.717, 1.165) is 13.0 Å². The molecule has 3 N–H and O–H groups in total. The summed E-state index contributed by atoms with van der Waals surface area (Å²) in [5.74, 6) is 6.86. The SMILES string of the molecule is CCCNc1nc(Nc2cncc(Cl)c2)ncc1C#CCCCNC(=O)CN(C)C(=O)/C=C/CN(C)C. The Morgan fingerprint density at radius 1 is 1.16 bits per heavy atom. The third-order valence-electron chi connectivity index (χ3n) is 4.80. The van der Waals surface area contributed by atoms with E-state index in [1.54, 1.807) is 37.8 Å². The molecule has 0 unspecified atom stereocenters. The fourth-order valence-corrected chi connectivity index (χ4v) is 3.10. The second kappa shape index (κ2) is 16.1. The molecule has 2 amide bonds. The molecule has 11 heteroatoms. The molecule has 0 saturated heterocycles. The van der Waals surface area contributed by atoms with Gasteiger partial charge in [-0.1, -0.05) is 36.4 Å². The average molecular weight is 527 g/mol. The Morgan fingerprint density at radius 2 is 1.97 bits per heavy atom. The third kappa shape index (κ3) is 11.7. The smallest absolute Gasteiger partial charge is 0.246 e. The second-order valence-electron chi connectivity index (χ2n) is 8.51. The summed E-state index contributed by atoms with van der Waals surface area (Å²) >= 11 is 5.99. The van der Waals surface area contributed by atoms with E-state index in [9.17, 15) is 9.59 Å². The third-order valence-corrected chi connectivity index (χ3v) is 5.01. The van der Waals surface area contributed by atoms with Crippen LogP contribution < -0.4 is 16.0 Å². The second-order valence-corrected chi connectivity index (χ2v) is 8.95. The van der Waals surface area contributed by atoms with Crippen LogP contribution in [0.3, 0.4) is 0 Å². The van der Waals surface area contributed by atoms with Crippen LogP contribution in [0, 0.1) is 11.8 Å². The number of nitrogens with zero attached hydrogens (tertiary/aromatic N) is 5. The van der Waals surface area contributed by atoms with Gasteiger partial charge in [0.2, 0.25) is 17.8 Å². The molecule has 2 aromatic heterocycles. The van der Waals surface area contributed by atoms with Gasteiger partial charge in [-0.05, 0) is 33.0 Å². The number of halogens is 1. The summed E-state index contributed by atoms with van der Waals surface area (Å²) in [6, 6.07) is 1.74. The zero-order valence-corrected chi connectivity index (χ0v) is 22.6. The molecule has 10 nitrogen and oxygen atoms in total. The number of nitrogens with one attached hydrogen (secondary N) is 3. The molecule has 37 heavy (non-hydrogen) atoms. The van der Waals surface area contributed by atoms with Gasteiger partial charge in [-0.2, -0.15) is 4.98 Å². The number of amides is 2. The lowest BCUT2D eigenvalue weighted by Gasteiger charge is -2.14. The van der Waals surface area contributed by atoms with Crippen molar-refractivity contribution >= 4 is 40.9 Å². The summed E-state index contributed by atoms with van der Waals surface area (Å²) < 4.78 is 0. The number of rotatable bonds is 13. The maximum atomic E-state index is 12.1. The minimum Gasteiger partial charge on any atom is -0.369 e. The number of anilines is 3. The lowest BCUT2D eigenvalue weighted by Crippen LogP contribution is -2.38. The normalized spacial score (nSPS) is 10.6. The minimum atomic E-state index is -0.206. The molecule has 0 fully saturated rings. The Labute approximate surface area is 223 Å². The molecule has 0 aliphatic heterocycles. The number of pyridine rings is 1. The molecule has 198 valence electrons. The lowest BCUT2D eigenvalue weighted by atomic mass is 10.2.